The van der Waals surface area contributed by atoms with E-state index in [1.807, 2.05) is 0 Å². The Morgan fingerprint density at radius 3 is 0.810 bits per heavy atom. The minimum atomic E-state index is -5.69. The maximum absolute atomic E-state index is 11.4. The molecule has 0 aliphatic rings. The minimum absolute atomic E-state index is 0.340. The van der Waals surface area contributed by atoms with Gasteiger partial charge in [-0.15, -0.1) is 0 Å². The topological polar surface area (TPSA) is 40.5 Å². The van der Waals surface area contributed by atoms with Crippen LogP contribution in [0.5, 0.6) is 0 Å². The predicted molar refractivity (Wildman–Crippen MR) is 40.9 cm³/mol. The van der Waals surface area contributed by atoms with E-state index in [-0.39, 0.29) is 6.92 Å². The second-order valence-corrected chi connectivity index (χ2v) is 3.55. The molecule has 2 nitrogen and oxygen atoms in total. The predicted octanol–water partition coefficient (Wildman–Crippen LogP) is 3.33. The Hall–Kier alpha value is -0.920. The van der Waals surface area contributed by atoms with Crippen LogP contribution in [0.25, 0.3) is 0 Å². The maximum Gasteiger partial charge on any atom is 0.425 e. The molecule has 0 spiro atoms. The van der Waals surface area contributed by atoms with Crippen molar-refractivity contribution < 1.29 is 62.9 Å². The lowest BCUT2D eigenvalue weighted by molar-refractivity contribution is -0.360. The molecule has 0 amide bonds. The summed E-state index contributed by atoms with van der Waals surface area (Å²) in [6.07, 6.45) is -26.9. The molecule has 0 rings (SSSR count). The molecule has 0 atom stereocenters. The van der Waals surface area contributed by atoms with Gasteiger partial charge in [0.25, 0.3) is 5.60 Å². The summed E-state index contributed by atoms with van der Waals surface area (Å²) < 4.78 is 134. The Bertz CT molecular complexity index is 288. The van der Waals surface area contributed by atoms with Crippen LogP contribution in [0.15, 0.2) is 0 Å². The van der Waals surface area contributed by atoms with Gasteiger partial charge >= 0.3 is 24.7 Å². The average Bonchev–Trinajstić information content (AvgIpc) is 2.11. The summed E-state index contributed by atoms with van der Waals surface area (Å²) in [5, 5.41) is 15.4. The smallest absolute Gasteiger partial charge is 0.377 e. The first-order chi connectivity index (χ1) is 8.65. The van der Waals surface area contributed by atoms with E-state index in [4.69, 9.17) is 10.2 Å². The molecular weight excluding hydrogens is 344 g/mol. The molecule has 0 saturated carbocycles. The van der Waals surface area contributed by atoms with E-state index in [2.05, 4.69) is 0 Å². The number of alkyl halides is 12. The van der Waals surface area contributed by atoms with Gasteiger partial charge in [-0.2, -0.15) is 52.7 Å². The summed E-state index contributed by atoms with van der Waals surface area (Å²) in [6, 6.07) is 0. The molecule has 0 heterocycles. The highest BCUT2D eigenvalue weighted by Crippen LogP contribution is 2.42. The van der Waals surface area contributed by atoms with E-state index in [0.717, 1.165) is 0 Å². The fraction of sp³-hybridized carbons (Fsp3) is 1.00. The Labute approximate surface area is 108 Å². The molecule has 0 aliphatic heterocycles. The molecule has 0 saturated heterocycles. The van der Waals surface area contributed by atoms with E-state index in [1.165, 1.54) is 0 Å². The molecule has 0 aliphatic carbocycles. The fourth-order valence-corrected chi connectivity index (χ4v) is 0.346. The number of hydrogen-bond acceptors (Lipinski definition) is 2. The van der Waals surface area contributed by atoms with Gasteiger partial charge in [0.05, 0.1) is 0 Å². The summed E-state index contributed by atoms with van der Waals surface area (Å²) in [4.78, 5) is 0. The van der Waals surface area contributed by atoms with Gasteiger partial charge in [-0.05, 0) is 6.92 Å². The van der Waals surface area contributed by atoms with Crippen molar-refractivity contribution in [2.45, 2.75) is 43.3 Å². The number of aliphatic hydroxyl groups excluding tert-OH is 1. The fourth-order valence-electron chi connectivity index (χ4n) is 0.346. The summed E-state index contributed by atoms with van der Waals surface area (Å²) in [7, 11) is 0. The third kappa shape index (κ3) is 6.58. The van der Waals surface area contributed by atoms with Crippen molar-refractivity contribution in [2.75, 3.05) is 0 Å². The van der Waals surface area contributed by atoms with Crippen molar-refractivity contribution >= 4 is 0 Å². The van der Waals surface area contributed by atoms with Crippen LogP contribution in [0.1, 0.15) is 6.92 Å². The third-order valence-corrected chi connectivity index (χ3v) is 1.72. The van der Waals surface area contributed by atoms with Crippen LogP contribution < -0.4 is 0 Å². The SMILES string of the molecule is CC(O)(C(F)(F)F)C(F)(F)F.OC(C(F)(F)F)C(F)(F)F. The second kappa shape index (κ2) is 6.06. The van der Waals surface area contributed by atoms with Gasteiger partial charge in [0.15, 0.2) is 0 Å². The van der Waals surface area contributed by atoms with Crippen LogP contribution in [0.2, 0.25) is 0 Å². The molecule has 0 radical (unpaired) electrons. The first-order valence-electron chi connectivity index (χ1n) is 4.33. The summed E-state index contributed by atoms with van der Waals surface area (Å²) in [5.74, 6) is 0. The van der Waals surface area contributed by atoms with Crippen molar-refractivity contribution in [1.82, 2.24) is 0 Å². The largest absolute Gasteiger partial charge is 0.425 e. The quantitative estimate of drug-likeness (QED) is 0.658. The van der Waals surface area contributed by atoms with Crippen molar-refractivity contribution in [1.29, 1.82) is 0 Å². The molecule has 21 heavy (non-hydrogen) atoms. The molecule has 0 fully saturated rings. The zero-order chi connectivity index (χ0) is 18.1. The van der Waals surface area contributed by atoms with Gasteiger partial charge in [-0.3, -0.25) is 0 Å². The van der Waals surface area contributed by atoms with Crippen molar-refractivity contribution in [3.8, 4) is 0 Å². The highest BCUT2D eigenvalue weighted by atomic mass is 19.4. The first-order valence-corrected chi connectivity index (χ1v) is 4.33. The molecule has 0 aromatic heterocycles. The number of halogens is 12. The van der Waals surface area contributed by atoms with Crippen LogP contribution in [-0.2, 0) is 0 Å². The first kappa shape index (κ1) is 22.4. The lowest BCUT2D eigenvalue weighted by Crippen LogP contribution is -2.54. The van der Waals surface area contributed by atoms with Gasteiger partial charge in [-0.25, -0.2) is 0 Å². The van der Waals surface area contributed by atoms with Crippen molar-refractivity contribution in [3.05, 3.63) is 0 Å². The van der Waals surface area contributed by atoms with Crippen LogP contribution in [0.3, 0.4) is 0 Å². The van der Waals surface area contributed by atoms with E-state index in [9.17, 15) is 52.7 Å². The molecule has 0 bridgehead atoms. The van der Waals surface area contributed by atoms with E-state index >= 15 is 0 Å². The van der Waals surface area contributed by atoms with Gasteiger partial charge in [0.2, 0.25) is 6.10 Å². The lowest BCUT2D eigenvalue weighted by atomic mass is 10.1. The summed E-state index contributed by atoms with van der Waals surface area (Å²) in [5.41, 5.74) is -4.62. The summed E-state index contributed by atoms with van der Waals surface area (Å²) in [6.45, 7) is -0.340. The highest BCUT2D eigenvalue weighted by molar-refractivity contribution is 4.88. The van der Waals surface area contributed by atoms with Crippen molar-refractivity contribution in [3.63, 3.8) is 0 Å². The zero-order valence-corrected chi connectivity index (χ0v) is 9.51. The van der Waals surface area contributed by atoms with E-state index in [1.54, 1.807) is 0 Å². The van der Waals surface area contributed by atoms with Crippen LogP contribution in [0.4, 0.5) is 52.7 Å². The van der Waals surface area contributed by atoms with E-state index < -0.39 is 36.4 Å². The van der Waals surface area contributed by atoms with Crippen LogP contribution in [-0.4, -0.2) is 46.6 Å². The monoisotopic (exact) mass is 350 g/mol. The normalized spacial score (nSPS) is 14.9. The molecule has 2 N–H and O–H groups in total. The third-order valence-electron chi connectivity index (χ3n) is 1.72. The van der Waals surface area contributed by atoms with Gasteiger partial charge in [0, 0.05) is 0 Å². The zero-order valence-electron chi connectivity index (χ0n) is 9.51. The molecular formula is C7H6F12O2. The molecule has 0 unspecified atom stereocenters. The standard InChI is InChI=1S/C4H4F6O.C3H2F6O/c1-2(11,3(5,6)7)4(8,9)10;4-2(5,6)1(10)3(7,8)9/h11H,1H3;1,10H. The molecule has 0 aromatic carbocycles. The Kier molecular flexibility index (Phi) is 6.45. The lowest BCUT2D eigenvalue weighted by Gasteiger charge is -2.28. The Morgan fingerprint density at radius 2 is 0.810 bits per heavy atom. The molecule has 14 heteroatoms. The average molecular weight is 350 g/mol. The van der Waals surface area contributed by atoms with Crippen LogP contribution in [0, 0.1) is 0 Å². The van der Waals surface area contributed by atoms with Gasteiger partial charge in [0.1, 0.15) is 0 Å². The summed E-state index contributed by atoms with van der Waals surface area (Å²) >= 11 is 0. The van der Waals surface area contributed by atoms with E-state index in [0.29, 0.717) is 0 Å². The molecule has 0 aromatic rings. The second-order valence-electron chi connectivity index (χ2n) is 3.55. The van der Waals surface area contributed by atoms with Gasteiger partial charge in [-0.1, -0.05) is 0 Å². The number of hydrogen-bond donors (Lipinski definition) is 2. The Balaban J connectivity index is 0. The number of aliphatic hydroxyl groups is 2. The number of rotatable bonds is 0. The van der Waals surface area contributed by atoms with Crippen molar-refractivity contribution in [2.24, 2.45) is 0 Å². The maximum atomic E-state index is 11.4. The van der Waals surface area contributed by atoms with Crippen LogP contribution >= 0.6 is 0 Å². The Morgan fingerprint density at radius 1 is 0.619 bits per heavy atom. The highest BCUT2D eigenvalue weighted by Gasteiger charge is 2.67. The van der Waals surface area contributed by atoms with Gasteiger partial charge < -0.3 is 10.2 Å². The minimum Gasteiger partial charge on any atom is -0.377 e. The molecule has 130 valence electrons.